The number of urea groups is 1. The number of carbonyl (C=O) groups is 2. The number of hydrogen-bond donors (Lipinski definition) is 2. The fraction of sp³-hybridized carbons (Fsp3) is 0.630. The van der Waals surface area contributed by atoms with Gasteiger partial charge in [0.15, 0.2) is 11.3 Å². The van der Waals surface area contributed by atoms with Crippen molar-refractivity contribution in [1.29, 1.82) is 0 Å². The summed E-state index contributed by atoms with van der Waals surface area (Å²) in [6, 6.07) is -0.617. The van der Waals surface area contributed by atoms with Crippen LogP contribution in [0, 0.1) is 12.8 Å². The van der Waals surface area contributed by atoms with Crippen molar-refractivity contribution in [1.82, 2.24) is 40.4 Å². The number of ether oxygens (including phenoxy) is 1. The van der Waals surface area contributed by atoms with Crippen molar-refractivity contribution in [2.24, 2.45) is 5.92 Å². The molecule has 3 aromatic rings. The van der Waals surface area contributed by atoms with E-state index in [0.717, 1.165) is 24.2 Å². The van der Waals surface area contributed by atoms with Gasteiger partial charge in [0, 0.05) is 18.4 Å². The molecule has 1 saturated heterocycles. The highest BCUT2D eigenvalue weighted by molar-refractivity contribution is 5.93. The molecule has 2 atom stereocenters. The lowest BCUT2D eigenvalue weighted by Crippen LogP contribution is -2.58. The third kappa shape index (κ3) is 6.28. The Hall–Kier alpha value is -3.82. The van der Waals surface area contributed by atoms with Crippen LogP contribution < -0.4 is 10.6 Å². The van der Waals surface area contributed by atoms with Gasteiger partial charge < -0.3 is 20.3 Å². The second-order valence-electron chi connectivity index (χ2n) is 11.6. The Morgan fingerprint density at radius 2 is 1.95 bits per heavy atom. The van der Waals surface area contributed by atoms with Crippen LogP contribution in [-0.4, -0.2) is 79.4 Å². The Balaban J connectivity index is 1.31. The van der Waals surface area contributed by atoms with Gasteiger partial charge in [0.05, 0.1) is 56.0 Å². The summed E-state index contributed by atoms with van der Waals surface area (Å²) < 4.78 is 68.8. The van der Waals surface area contributed by atoms with Crippen LogP contribution in [0.25, 0.3) is 5.65 Å². The molecule has 3 aromatic heterocycles. The Morgan fingerprint density at radius 1 is 1.19 bits per heavy atom. The highest BCUT2D eigenvalue weighted by Crippen LogP contribution is 2.41. The number of aromatic nitrogens is 5. The molecule has 2 saturated carbocycles. The van der Waals surface area contributed by atoms with Gasteiger partial charge in [0.1, 0.15) is 5.69 Å². The summed E-state index contributed by atoms with van der Waals surface area (Å²) in [6.07, 6.45) is 5.45. The molecule has 4 heterocycles. The minimum atomic E-state index is -3.12. The number of rotatable bonds is 9. The summed E-state index contributed by atoms with van der Waals surface area (Å²) >= 11 is 0. The number of alkyl halides is 4. The Kier molecular flexibility index (Phi) is 7.73. The predicted molar refractivity (Wildman–Crippen MR) is 141 cm³/mol. The molecule has 232 valence electrons. The third-order valence-electron chi connectivity index (χ3n) is 8.53. The van der Waals surface area contributed by atoms with E-state index in [1.54, 1.807) is 19.2 Å². The van der Waals surface area contributed by atoms with Crippen molar-refractivity contribution in [2.45, 2.75) is 81.9 Å². The molecule has 0 aromatic carbocycles. The van der Waals surface area contributed by atoms with E-state index in [9.17, 15) is 27.2 Å². The molecule has 1 aliphatic heterocycles. The first-order chi connectivity index (χ1) is 20.5. The van der Waals surface area contributed by atoms with E-state index < -0.39 is 49.0 Å². The maximum absolute atomic E-state index is 14.4. The molecule has 2 unspecified atom stereocenters. The first-order valence-corrected chi connectivity index (χ1v) is 14.3. The zero-order valence-electron chi connectivity index (χ0n) is 23.4. The summed E-state index contributed by atoms with van der Waals surface area (Å²) in [5.74, 6) is -6.84. The van der Waals surface area contributed by atoms with Gasteiger partial charge in [-0.2, -0.15) is 5.10 Å². The van der Waals surface area contributed by atoms with Crippen LogP contribution in [0.15, 0.2) is 23.1 Å². The highest BCUT2D eigenvalue weighted by Gasteiger charge is 2.43. The van der Waals surface area contributed by atoms with Crippen LogP contribution in [0.5, 0.6) is 0 Å². The number of fused-ring (bicyclic) bond motifs is 1. The van der Waals surface area contributed by atoms with Crippen molar-refractivity contribution < 1.29 is 36.5 Å². The standard InChI is InChI=1S/C27H32F4N8O4/c1-15-22(37-43-36-15)24(40)35-23(16-5-7-26(28,29)8-6-16)19-11-39-21(34-19)9-17(10-33-39)20(12-42-18-3-2-4-18)38-14-27(30,31)13-32-25(38)41/h9-11,16,18,20,23H,2-8,12-14H2,1H3,(H,32,41)(H,35,40). The Labute approximate surface area is 243 Å². The minimum Gasteiger partial charge on any atom is -0.376 e. The van der Waals surface area contributed by atoms with Gasteiger partial charge in [-0.1, -0.05) is 5.16 Å². The zero-order valence-corrected chi connectivity index (χ0v) is 23.4. The van der Waals surface area contributed by atoms with Crippen LogP contribution >= 0.6 is 0 Å². The molecule has 3 fully saturated rings. The maximum atomic E-state index is 14.4. The molecular formula is C27H32F4N8O4. The predicted octanol–water partition coefficient (Wildman–Crippen LogP) is 3.99. The number of aryl methyl sites for hydroxylation is 1. The molecule has 6 rings (SSSR count). The van der Waals surface area contributed by atoms with E-state index in [0.29, 0.717) is 16.9 Å². The second kappa shape index (κ2) is 11.4. The lowest BCUT2D eigenvalue weighted by atomic mass is 9.81. The number of amides is 3. The summed E-state index contributed by atoms with van der Waals surface area (Å²) in [5, 5.41) is 16.8. The largest absolute Gasteiger partial charge is 0.376 e. The fourth-order valence-electron chi connectivity index (χ4n) is 5.78. The van der Waals surface area contributed by atoms with E-state index in [4.69, 9.17) is 4.74 Å². The van der Waals surface area contributed by atoms with E-state index >= 15 is 0 Å². The summed E-state index contributed by atoms with van der Waals surface area (Å²) in [4.78, 5) is 31.5. The van der Waals surface area contributed by atoms with Gasteiger partial charge in [-0.25, -0.2) is 36.5 Å². The first-order valence-electron chi connectivity index (χ1n) is 14.3. The molecule has 3 aliphatic rings. The molecule has 2 N–H and O–H groups in total. The molecule has 0 radical (unpaired) electrons. The molecule has 0 spiro atoms. The van der Waals surface area contributed by atoms with Gasteiger partial charge in [-0.05, 0) is 56.2 Å². The molecule has 2 aliphatic carbocycles. The van der Waals surface area contributed by atoms with Gasteiger partial charge in [0.2, 0.25) is 5.92 Å². The topological polar surface area (TPSA) is 140 Å². The first kappa shape index (κ1) is 29.3. The SMILES string of the molecule is Cc1nonc1C(=O)NC(c1cn2ncc(C(COC3CCC3)N3CC(F)(F)CNC3=O)cc2n1)C1CCC(F)(F)CC1. The summed E-state index contributed by atoms with van der Waals surface area (Å²) in [6.45, 7) is 0.0316. The van der Waals surface area contributed by atoms with Crippen molar-refractivity contribution in [3.05, 3.63) is 41.1 Å². The highest BCUT2D eigenvalue weighted by atomic mass is 19.3. The van der Waals surface area contributed by atoms with E-state index in [1.165, 1.54) is 10.7 Å². The van der Waals surface area contributed by atoms with Gasteiger partial charge in [0.25, 0.3) is 11.8 Å². The molecule has 16 heteroatoms. The van der Waals surface area contributed by atoms with E-state index in [-0.39, 0.29) is 55.7 Å². The van der Waals surface area contributed by atoms with Crippen LogP contribution in [0.2, 0.25) is 0 Å². The van der Waals surface area contributed by atoms with Crippen molar-refractivity contribution >= 4 is 17.6 Å². The average molecular weight is 609 g/mol. The number of nitrogens with zero attached hydrogens (tertiary/aromatic N) is 6. The monoisotopic (exact) mass is 608 g/mol. The van der Waals surface area contributed by atoms with Crippen LogP contribution in [0.4, 0.5) is 22.4 Å². The van der Waals surface area contributed by atoms with Gasteiger partial charge in [-0.3, -0.25) is 4.79 Å². The van der Waals surface area contributed by atoms with Crippen LogP contribution in [0.3, 0.4) is 0 Å². The summed E-state index contributed by atoms with van der Waals surface area (Å²) in [7, 11) is 0. The number of carbonyl (C=O) groups excluding carboxylic acids is 2. The van der Waals surface area contributed by atoms with E-state index in [2.05, 4.69) is 35.7 Å². The van der Waals surface area contributed by atoms with Crippen LogP contribution in [-0.2, 0) is 4.74 Å². The molecule has 3 amide bonds. The second-order valence-corrected chi connectivity index (χ2v) is 11.6. The number of imidazole rings is 1. The van der Waals surface area contributed by atoms with Gasteiger partial charge >= 0.3 is 6.03 Å². The molecule has 12 nitrogen and oxygen atoms in total. The molecule has 43 heavy (non-hydrogen) atoms. The summed E-state index contributed by atoms with van der Waals surface area (Å²) in [5.41, 5.74) is 1.40. The van der Waals surface area contributed by atoms with Crippen molar-refractivity contribution in [3.8, 4) is 0 Å². The van der Waals surface area contributed by atoms with Crippen LogP contribution in [0.1, 0.15) is 84.5 Å². The normalized spacial score (nSPS) is 22.2. The number of nitrogens with one attached hydrogen (secondary N) is 2. The Morgan fingerprint density at radius 3 is 2.63 bits per heavy atom. The zero-order chi connectivity index (χ0) is 30.4. The molecule has 0 bridgehead atoms. The third-order valence-corrected chi connectivity index (χ3v) is 8.53. The van der Waals surface area contributed by atoms with Gasteiger partial charge in [-0.15, -0.1) is 0 Å². The molecular weight excluding hydrogens is 576 g/mol. The maximum Gasteiger partial charge on any atom is 0.318 e. The quantitative estimate of drug-likeness (QED) is 0.348. The lowest BCUT2D eigenvalue weighted by Gasteiger charge is -2.39. The average Bonchev–Trinajstić information content (AvgIpc) is 3.56. The van der Waals surface area contributed by atoms with E-state index in [1.807, 2.05) is 0 Å². The number of halogens is 4. The Bertz CT molecular complexity index is 1480. The number of hydrogen-bond acceptors (Lipinski definition) is 8. The minimum absolute atomic E-state index is 0.000357. The fourth-order valence-corrected chi connectivity index (χ4v) is 5.78. The lowest BCUT2D eigenvalue weighted by molar-refractivity contribution is -0.0673. The smallest absolute Gasteiger partial charge is 0.318 e. The van der Waals surface area contributed by atoms with Crippen molar-refractivity contribution in [3.63, 3.8) is 0 Å². The van der Waals surface area contributed by atoms with Crippen molar-refractivity contribution in [2.75, 3.05) is 19.7 Å².